The van der Waals surface area contributed by atoms with Gasteiger partial charge in [0.1, 0.15) is 24.2 Å². The molecule has 1 spiro atoms. The number of hydrogen-bond donors (Lipinski definition) is 3. The summed E-state index contributed by atoms with van der Waals surface area (Å²) in [6, 6.07) is 16.7. The number of piperidine rings is 1. The first kappa shape index (κ1) is 30.7. The summed E-state index contributed by atoms with van der Waals surface area (Å²) >= 11 is 0. The van der Waals surface area contributed by atoms with Gasteiger partial charge < -0.3 is 24.6 Å². The summed E-state index contributed by atoms with van der Waals surface area (Å²) in [4.78, 5) is 0.355. The lowest BCUT2D eigenvalue weighted by Gasteiger charge is -2.38. The number of nitrogens with one attached hydrogen (secondary N) is 2. The SMILES string of the molecule is CNS(=O)(=O)c1cccc(OC[C@@H](O)CNC2COC3(CCN(S(=O)(=O)c4ccc(OC)c5ccccc45)CC3)C2)c1. The number of sulfonamides is 2. The van der Waals surface area contributed by atoms with Gasteiger partial charge in [-0.2, -0.15) is 4.31 Å². The molecule has 2 fully saturated rings. The number of benzene rings is 3. The van der Waals surface area contributed by atoms with Crippen LogP contribution in [0, 0.1) is 0 Å². The van der Waals surface area contributed by atoms with E-state index >= 15 is 0 Å². The van der Waals surface area contributed by atoms with Crippen molar-refractivity contribution in [3.8, 4) is 11.5 Å². The van der Waals surface area contributed by atoms with Gasteiger partial charge in [-0.1, -0.05) is 30.3 Å². The van der Waals surface area contributed by atoms with Gasteiger partial charge in [-0.25, -0.2) is 21.6 Å². The van der Waals surface area contributed by atoms with E-state index in [1.807, 2.05) is 18.2 Å². The lowest BCUT2D eigenvalue weighted by atomic mass is 9.88. The van der Waals surface area contributed by atoms with Crippen molar-refractivity contribution >= 4 is 30.8 Å². The average Bonchev–Trinajstić information content (AvgIpc) is 3.40. The van der Waals surface area contributed by atoms with Crippen LogP contribution >= 0.6 is 0 Å². The molecule has 0 saturated carbocycles. The van der Waals surface area contributed by atoms with E-state index in [2.05, 4.69) is 10.0 Å². The fourth-order valence-corrected chi connectivity index (χ4v) is 8.05. The van der Waals surface area contributed by atoms with Crippen LogP contribution < -0.4 is 19.5 Å². The van der Waals surface area contributed by atoms with Crippen LogP contribution in [-0.4, -0.2) is 91.0 Å². The van der Waals surface area contributed by atoms with E-state index in [0.717, 1.165) is 5.39 Å². The molecule has 0 amide bonds. The van der Waals surface area contributed by atoms with Crippen molar-refractivity contribution in [3.63, 3.8) is 0 Å². The van der Waals surface area contributed by atoms with E-state index in [9.17, 15) is 21.9 Å². The molecule has 2 aliphatic rings. The van der Waals surface area contributed by atoms with Gasteiger partial charge in [0.25, 0.3) is 0 Å². The normalized spacial score (nSPS) is 20.1. The van der Waals surface area contributed by atoms with Crippen molar-refractivity contribution in [1.82, 2.24) is 14.3 Å². The number of rotatable bonds is 11. The second-order valence-electron chi connectivity index (χ2n) is 10.7. The third-order valence-corrected chi connectivity index (χ3v) is 11.4. The van der Waals surface area contributed by atoms with Gasteiger partial charge in [0.2, 0.25) is 20.0 Å². The molecule has 1 unspecified atom stereocenters. The minimum absolute atomic E-state index is 0.0115. The third-order valence-electron chi connectivity index (χ3n) is 7.99. The van der Waals surface area contributed by atoms with E-state index in [-0.39, 0.29) is 29.0 Å². The van der Waals surface area contributed by atoms with Crippen molar-refractivity contribution in [2.24, 2.45) is 0 Å². The number of aliphatic hydroxyl groups is 1. The topological polar surface area (TPSA) is 144 Å². The van der Waals surface area contributed by atoms with Crippen molar-refractivity contribution in [2.75, 3.05) is 47.0 Å². The smallest absolute Gasteiger partial charge is 0.243 e. The molecule has 2 saturated heterocycles. The van der Waals surface area contributed by atoms with Crippen molar-refractivity contribution in [1.29, 1.82) is 0 Å². The maximum atomic E-state index is 13.7. The molecule has 3 aromatic carbocycles. The highest BCUT2D eigenvalue weighted by Crippen LogP contribution is 2.39. The number of aliphatic hydroxyl groups excluding tert-OH is 1. The first-order valence-electron chi connectivity index (χ1n) is 13.8. The first-order valence-corrected chi connectivity index (χ1v) is 16.8. The highest BCUT2D eigenvalue weighted by Gasteiger charge is 2.45. The van der Waals surface area contributed by atoms with Crippen LogP contribution in [-0.2, 0) is 24.8 Å². The fourth-order valence-electron chi connectivity index (χ4n) is 5.65. The number of methoxy groups -OCH3 is 1. The zero-order valence-corrected chi connectivity index (χ0v) is 25.3. The van der Waals surface area contributed by atoms with E-state index in [1.165, 1.54) is 23.5 Å². The van der Waals surface area contributed by atoms with Gasteiger partial charge >= 0.3 is 0 Å². The van der Waals surface area contributed by atoms with Crippen LogP contribution in [0.4, 0.5) is 0 Å². The zero-order valence-electron chi connectivity index (χ0n) is 23.7. The summed E-state index contributed by atoms with van der Waals surface area (Å²) < 4.78 is 72.3. The minimum Gasteiger partial charge on any atom is -0.496 e. The fraction of sp³-hybridized carbons (Fsp3) is 0.448. The van der Waals surface area contributed by atoms with Gasteiger partial charge in [-0.05, 0) is 50.6 Å². The minimum atomic E-state index is -3.71. The summed E-state index contributed by atoms with van der Waals surface area (Å²) in [5, 5.41) is 15.2. The largest absolute Gasteiger partial charge is 0.496 e. The quantitative estimate of drug-likeness (QED) is 0.294. The van der Waals surface area contributed by atoms with Gasteiger partial charge in [0.05, 0.1) is 29.1 Å². The summed E-state index contributed by atoms with van der Waals surface area (Å²) in [6.45, 7) is 1.43. The Labute approximate surface area is 246 Å². The molecule has 5 rings (SSSR count). The van der Waals surface area contributed by atoms with Gasteiger partial charge in [-0.3, -0.25) is 0 Å². The summed E-state index contributed by atoms with van der Waals surface area (Å²) in [7, 11) is -4.40. The Bertz CT molecular complexity index is 1620. The van der Waals surface area contributed by atoms with Gasteiger partial charge in [-0.15, -0.1) is 0 Å². The molecule has 0 bridgehead atoms. The average molecular weight is 620 g/mol. The Kier molecular flexibility index (Phi) is 9.09. The Morgan fingerprint density at radius 1 is 1.05 bits per heavy atom. The van der Waals surface area contributed by atoms with E-state index < -0.39 is 31.8 Å². The maximum Gasteiger partial charge on any atom is 0.243 e. The van der Waals surface area contributed by atoms with Crippen LogP contribution in [0.15, 0.2) is 70.5 Å². The van der Waals surface area contributed by atoms with Crippen LogP contribution in [0.3, 0.4) is 0 Å². The Hall–Kier alpha value is -2.78. The van der Waals surface area contributed by atoms with E-state index in [1.54, 1.807) is 37.4 Å². The first-order chi connectivity index (χ1) is 20.1. The van der Waals surface area contributed by atoms with Crippen LogP contribution in [0.1, 0.15) is 19.3 Å². The van der Waals surface area contributed by atoms with Crippen LogP contribution in [0.5, 0.6) is 11.5 Å². The van der Waals surface area contributed by atoms with Crippen molar-refractivity contribution in [3.05, 3.63) is 60.7 Å². The van der Waals surface area contributed by atoms with Gasteiger partial charge in [0, 0.05) is 42.5 Å². The molecule has 2 heterocycles. The summed E-state index contributed by atoms with van der Waals surface area (Å²) in [6.07, 6.45) is 1.05. The molecule has 42 heavy (non-hydrogen) atoms. The number of nitrogens with zero attached hydrogens (tertiary/aromatic N) is 1. The third kappa shape index (κ3) is 6.42. The molecule has 0 aliphatic carbocycles. The molecular formula is C29H37N3O8S2. The van der Waals surface area contributed by atoms with Crippen molar-refractivity contribution < 1.29 is 36.2 Å². The second-order valence-corrected chi connectivity index (χ2v) is 14.5. The maximum absolute atomic E-state index is 13.7. The highest BCUT2D eigenvalue weighted by molar-refractivity contribution is 7.89. The molecule has 228 valence electrons. The standard InChI is InChI=1S/C29H37N3O8S2/c1-30-41(34,35)24-7-5-6-23(16-24)39-20-22(33)18-31-21-17-29(40-19-21)12-14-32(15-13-29)42(36,37)28-11-10-27(38-2)25-8-3-4-9-26(25)28/h3-11,16,21-22,30-31,33H,12-15,17-20H2,1-2H3/t21?,22-/m0/s1. The van der Waals surface area contributed by atoms with E-state index in [4.69, 9.17) is 14.2 Å². The number of ether oxygens (including phenoxy) is 3. The molecule has 11 nitrogen and oxygen atoms in total. The van der Waals surface area contributed by atoms with Crippen LogP contribution in [0.25, 0.3) is 10.8 Å². The molecule has 2 aliphatic heterocycles. The van der Waals surface area contributed by atoms with Crippen LogP contribution in [0.2, 0.25) is 0 Å². The zero-order chi connectivity index (χ0) is 30.0. The monoisotopic (exact) mass is 619 g/mol. The molecule has 0 aromatic heterocycles. The Morgan fingerprint density at radius 2 is 1.79 bits per heavy atom. The predicted octanol–water partition coefficient (Wildman–Crippen LogP) is 2.10. The Balaban J connectivity index is 1.12. The molecule has 13 heteroatoms. The van der Waals surface area contributed by atoms with E-state index in [0.29, 0.717) is 55.8 Å². The predicted molar refractivity (Wildman–Crippen MR) is 158 cm³/mol. The molecule has 2 atom stereocenters. The lowest BCUT2D eigenvalue weighted by Crippen LogP contribution is -2.47. The number of fused-ring (bicyclic) bond motifs is 1. The highest BCUT2D eigenvalue weighted by atomic mass is 32.2. The van der Waals surface area contributed by atoms with Crippen molar-refractivity contribution in [2.45, 2.75) is 46.8 Å². The van der Waals surface area contributed by atoms with Gasteiger partial charge in [0.15, 0.2) is 0 Å². The number of hydrogen-bond acceptors (Lipinski definition) is 9. The lowest BCUT2D eigenvalue weighted by molar-refractivity contribution is -0.0312. The molecule has 0 radical (unpaired) electrons. The molecule has 3 N–H and O–H groups in total. The summed E-state index contributed by atoms with van der Waals surface area (Å²) in [5.41, 5.74) is -0.410. The molecule has 3 aromatic rings. The second kappa shape index (κ2) is 12.4. The Morgan fingerprint density at radius 3 is 2.50 bits per heavy atom. The summed E-state index contributed by atoms with van der Waals surface area (Å²) in [5.74, 6) is 0.976. The molecular weight excluding hydrogens is 582 g/mol.